The van der Waals surface area contributed by atoms with Crippen LogP contribution in [0, 0.1) is 10.1 Å². The van der Waals surface area contributed by atoms with E-state index >= 15 is 0 Å². The summed E-state index contributed by atoms with van der Waals surface area (Å²) in [5.41, 5.74) is 1.70. The fourth-order valence-electron chi connectivity index (χ4n) is 3.43. The molecule has 2 atom stereocenters. The van der Waals surface area contributed by atoms with Crippen LogP contribution >= 0.6 is 0 Å². The van der Waals surface area contributed by atoms with Gasteiger partial charge in [0.1, 0.15) is 0 Å². The van der Waals surface area contributed by atoms with E-state index in [0.717, 1.165) is 25.1 Å². The summed E-state index contributed by atoms with van der Waals surface area (Å²) in [6.07, 6.45) is 0.964. The Morgan fingerprint density at radius 3 is 2.70 bits per heavy atom. The summed E-state index contributed by atoms with van der Waals surface area (Å²) in [7, 11) is 0. The van der Waals surface area contributed by atoms with Gasteiger partial charge in [0.15, 0.2) is 0 Å². The Hall–Kier alpha value is -1.99. The third-order valence-electron chi connectivity index (χ3n) is 4.33. The van der Waals surface area contributed by atoms with Crippen LogP contribution in [0.25, 0.3) is 0 Å². The predicted octanol–water partition coefficient (Wildman–Crippen LogP) is 1.59. The molecule has 0 saturated carbocycles. The lowest BCUT2D eigenvalue weighted by Gasteiger charge is -2.35. The van der Waals surface area contributed by atoms with E-state index in [2.05, 4.69) is 4.90 Å². The van der Waals surface area contributed by atoms with E-state index in [4.69, 9.17) is 4.74 Å². The Morgan fingerprint density at radius 1 is 1.35 bits per heavy atom. The first-order valence-corrected chi connectivity index (χ1v) is 7.89. The number of anilines is 1. The van der Waals surface area contributed by atoms with Crippen molar-refractivity contribution < 1.29 is 14.5 Å². The average Bonchev–Trinajstić information content (AvgIpc) is 2.88. The SMILES string of the molecule is C[C@H]1CN(CC(=O)N2CCc3ccc([N+](=O)[O-])cc32)C[C@H](C)O1. The second-order valence-electron chi connectivity index (χ2n) is 6.32. The average molecular weight is 319 g/mol. The van der Waals surface area contributed by atoms with Gasteiger partial charge < -0.3 is 9.64 Å². The maximum atomic E-state index is 12.6. The molecule has 7 heteroatoms. The molecule has 1 amide bonds. The second-order valence-corrected chi connectivity index (χ2v) is 6.32. The molecular formula is C16H21N3O4. The van der Waals surface area contributed by atoms with Gasteiger partial charge in [-0.05, 0) is 25.8 Å². The Morgan fingerprint density at radius 2 is 2.04 bits per heavy atom. The van der Waals surface area contributed by atoms with Crippen LogP contribution in [0.1, 0.15) is 19.4 Å². The molecule has 0 aliphatic carbocycles. The van der Waals surface area contributed by atoms with Crippen LogP contribution in [0.15, 0.2) is 18.2 Å². The fraction of sp³-hybridized carbons (Fsp3) is 0.562. The van der Waals surface area contributed by atoms with Gasteiger partial charge in [-0.15, -0.1) is 0 Å². The van der Waals surface area contributed by atoms with E-state index in [0.29, 0.717) is 18.8 Å². The number of non-ortho nitro benzene ring substituents is 1. The van der Waals surface area contributed by atoms with Crippen molar-refractivity contribution in [2.45, 2.75) is 32.5 Å². The minimum Gasteiger partial charge on any atom is -0.373 e. The lowest BCUT2D eigenvalue weighted by atomic mass is 10.1. The first-order chi connectivity index (χ1) is 10.9. The lowest BCUT2D eigenvalue weighted by Crippen LogP contribution is -2.49. The molecular weight excluding hydrogens is 298 g/mol. The Kier molecular flexibility index (Phi) is 4.32. The molecule has 3 rings (SSSR count). The Labute approximate surface area is 135 Å². The number of rotatable bonds is 3. The van der Waals surface area contributed by atoms with Crippen LogP contribution in [0.2, 0.25) is 0 Å². The maximum Gasteiger partial charge on any atom is 0.271 e. The molecule has 0 radical (unpaired) electrons. The molecule has 2 heterocycles. The van der Waals surface area contributed by atoms with Crippen LogP contribution in [-0.4, -0.2) is 54.1 Å². The molecule has 7 nitrogen and oxygen atoms in total. The van der Waals surface area contributed by atoms with Crippen molar-refractivity contribution in [1.82, 2.24) is 4.90 Å². The van der Waals surface area contributed by atoms with Gasteiger partial charge in [0, 0.05) is 31.8 Å². The van der Waals surface area contributed by atoms with Crippen LogP contribution in [0.3, 0.4) is 0 Å². The number of fused-ring (bicyclic) bond motifs is 1. The van der Waals surface area contributed by atoms with E-state index in [1.807, 2.05) is 13.8 Å². The Balaban J connectivity index is 1.73. The van der Waals surface area contributed by atoms with Crippen molar-refractivity contribution in [3.05, 3.63) is 33.9 Å². The highest BCUT2D eigenvalue weighted by Gasteiger charge is 2.30. The first-order valence-electron chi connectivity index (χ1n) is 7.89. The molecule has 23 heavy (non-hydrogen) atoms. The molecule has 0 bridgehead atoms. The summed E-state index contributed by atoms with van der Waals surface area (Å²) in [6.45, 7) is 6.37. The zero-order chi connectivity index (χ0) is 16.6. The van der Waals surface area contributed by atoms with Crippen molar-refractivity contribution in [1.29, 1.82) is 0 Å². The highest BCUT2D eigenvalue weighted by molar-refractivity contribution is 5.97. The summed E-state index contributed by atoms with van der Waals surface area (Å²) in [5, 5.41) is 10.9. The number of nitrogens with zero attached hydrogens (tertiary/aromatic N) is 3. The van der Waals surface area contributed by atoms with Crippen LogP contribution in [0.4, 0.5) is 11.4 Å². The molecule has 1 aromatic carbocycles. The van der Waals surface area contributed by atoms with Crippen molar-refractivity contribution in [3.8, 4) is 0 Å². The van der Waals surface area contributed by atoms with Crippen LogP contribution in [-0.2, 0) is 16.0 Å². The second kappa shape index (κ2) is 6.25. The summed E-state index contributed by atoms with van der Waals surface area (Å²) in [5.74, 6) is -0.00875. The first kappa shape index (κ1) is 15.9. The van der Waals surface area contributed by atoms with Gasteiger partial charge in [0.25, 0.3) is 5.69 Å². The number of nitro benzene ring substituents is 1. The highest BCUT2D eigenvalue weighted by Crippen LogP contribution is 2.31. The van der Waals surface area contributed by atoms with E-state index in [-0.39, 0.29) is 23.8 Å². The zero-order valence-corrected chi connectivity index (χ0v) is 13.4. The molecule has 0 aromatic heterocycles. The van der Waals surface area contributed by atoms with Gasteiger partial charge in [-0.25, -0.2) is 0 Å². The molecule has 1 saturated heterocycles. The Bertz CT molecular complexity index is 624. The minimum atomic E-state index is -0.424. The number of carbonyl (C=O) groups excluding carboxylic acids is 1. The largest absolute Gasteiger partial charge is 0.373 e. The highest BCUT2D eigenvalue weighted by atomic mass is 16.6. The van der Waals surface area contributed by atoms with Gasteiger partial charge in [-0.2, -0.15) is 0 Å². The quantitative estimate of drug-likeness (QED) is 0.625. The molecule has 1 aromatic rings. The van der Waals surface area contributed by atoms with Gasteiger partial charge in [-0.1, -0.05) is 6.07 Å². The molecule has 0 N–H and O–H groups in total. The predicted molar refractivity (Wildman–Crippen MR) is 85.6 cm³/mol. The molecule has 1 fully saturated rings. The third kappa shape index (κ3) is 3.35. The minimum absolute atomic E-state index is 0.00875. The third-order valence-corrected chi connectivity index (χ3v) is 4.33. The van der Waals surface area contributed by atoms with E-state index < -0.39 is 4.92 Å². The molecule has 0 unspecified atom stereocenters. The molecule has 2 aliphatic rings. The van der Waals surface area contributed by atoms with E-state index in [1.165, 1.54) is 12.1 Å². The van der Waals surface area contributed by atoms with Crippen molar-refractivity contribution >= 4 is 17.3 Å². The number of nitro groups is 1. The zero-order valence-electron chi connectivity index (χ0n) is 13.4. The van der Waals surface area contributed by atoms with Crippen LogP contribution in [0.5, 0.6) is 0 Å². The van der Waals surface area contributed by atoms with E-state index in [9.17, 15) is 14.9 Å². The normalized spacial score (nSPS) is 24.5. The van der Waals surface area contributed by atoms with Crippen molar-refractivity contribution in [2.75, 3.05) is 31.1 Å². The maximum absolute atomic E-state index is 12.6. The summed E-state index contributed by atoms with van der Waals surface area (Å²) in [4.78, 5) is 26.9. The standard InChI is InChI=1S/C16H21N3O4/c1-11-8-17(9-12(2)23-11)10-16(20)18-6-5-13-3-4-14(19(21)22)7-15(13)18/h3-4,7,11-12H,5-6,8-10H2,1-2H3/t11-,12-/m0/s1. The smallest absolute Gasteiger partial charge is 0.271 e. The van der Waals surface area contributed by atoms with Gasteiger partial charge in [0.05, 0.1) is 29.4 Å². The number of hydrogen-bond acceptors (Lipinski definition) is 5. The summed E-state index contributed by atoms with van der Waals surface area (Å²) in [6, 6.07) is 4.75. The summed E-state index contributed by atoms with van der Waals surface area (Å²) >= 11 is 0. The van der Waals surface area contributed by atoms with Crippen LogP contribution < -0.4 is 4.90 Å². The van der Waals surface area contributed by atoms with E-state index in [1.54, 1.807) is 11.0 Å². The number of carbonyl (C=O) groups is 1. The summed E-state index contributed by atoms with van der Waals surface area (Å²) < 4.78 is 5.68. The number of benzene rings is 1. The number of amides is 1. The topological polar surface area (TPSA) is 75.9 Å². The van der Waals surface area contributed by atoms with Gasteiger partial charge >= 0.3 is 0 Å². The van der Waals surface area contributed by atoms with Gasteiger partial charge in [-0.3, -0.25) is 19.8 Å². The molecule has 124 valence electrons. The molecule has 2 aliphatic heterocycles. The lowest BCUT2D eigenvalue weighted by molar-refractivity contribution is -0.384. The van der Waals surface area contributed by atoms with Gasteiger partial charge in [0.2, 0.25) is 5.91 Å². The number of ether oxygens (including phenoxy) is 1. The van der Waals surface area contributed by atoms with Crippen molar-refractivity contribution in [3.63, 3.8) is 0 Å². The fourth-order valence-corrected chi connectivity index (χ4v) is 3.43. The number of hydrogen-bond donors (Lipinski definition) is 0. The molecule has 0 spiro atoms. The van der Waals surface area contributed by atoms with Crippen molar-refractivity contribution in [2.24, 2.45) is 0 Å². The monoisotopic (exact) mass is 319 g/mol. The number of morpholine rings is 1.